The van der Waals surface area contributed by atoms with Gasteiger partial charge in [0.25, 0.3) is 0 Å². The molecule has 0 radical (unpaired) electrons. The van der Waals surface area contributed by atoms with Crippen molar-refractivity contribution in [1.82, 2.24) is 0 Å². The molecule has 0 aliphatic heterocycles. The molecule has 3 aromatic carbocycles. The molecule has 154 valence electrons. The number of nitrogens with zero attached hydrogens (tertiary/aromatic N) is 1. The summed E-state index contributed by atoms with van der Waals surface area (Å²) in [4.78, 5) is 12.5. The molecule has 0 spiro atoms. The average molecular weight is 428 g/mol. The smallest absolute Gasteiger partial charge is 0.338 e. The number of pyridine rings is 1. The van der Waals surface area contributed by atoms with Gasteiger partial charge in [0.05, 0.1) is 5.56 Å². The molecule has 31 heavy (non-hydrogen) atoms. The lowest BCUT2D eigenvalue weighted by Gasteiger charge is -2.27. The zero-order chi connectivity index (χ0) is 21.5. The van der Waals surface area contributed by atoms with Crippen molar-refractivity contribution in [1.29, 1.82) is 0 Å². The van der Waals surface area contributed by atoms with Gasteiger partial charge in [0.1, 0.15) is 35.9 Å². The third-order valence-electron chi connectivity index (χ3n) is 5.29. The minimum Gasteiger partial charge on any atom is -0.619 e. The molecular formula is C26H23NO3P+. The number of hydrogen-bond donors (Lipinski definition) is 0. The molecule has 5 heteroatoms. The van der Waals surface area contributed by atoms with E-state index in [1.807, 2.05) is 18.2 Å². The van der Waals surface area contributed by atoms with Crippen molar-refractivity contribution >= 4 is 29.1 Å². The summed E-state index contributed by atoms with van der Waals surface area (Å²) in [6.45, 7) is 0.275. The van der Waals surface area contributed by atoms with Crippen LogP contribution in [0, 0.1) is 5.21 Å². The lowest BCUT2D eigenvalue weighted by Crippen LogP contribution is -2.35. The van der Waals surface area contributed by atoms with E-state index in [0.717, 1.165) is 0 Å². The standard InChI is InChI=1S/C26H23NO3P/c28-26(22-16-18-27(29)19-17-22)30-20-21-31(23-10-4-1-5-11-23,24-12-6-2-7-13-24)25-14-8-3-9-15-25/h1-19H,20-21H2/q+1. The van der Waals surface area contributed by atoms with Crippen LogP contribution in [0.5, 0.6) is 0 Å². The molecule has 0 atom stereocenters. The molecule has 4 nitrogen and oxygen atoms in total. The second-order valence-electron chi connectivity index (χ2n) is 7.12. The maximum Gasteiger partial charge on any atom is 0.338 e. The number of esters is 1. The van der Waals surface area contributed by atoms with Crippen molar-refractivity contribution < 1.29 is 14.3 Å². The summed E-state index contributed by atoms with van der Waals surface area (Å²) in [6.07, 6.45) is 3.28. The van der Waals surface area contributed by atoms with E-state index in [0.29, 0.717) is 16.5 Å². The lowest BCUT2D eigenvalue weighted by atomic mass is 10.3. The molecule has 4 rings (SSSR count). The first-order valence-electron chi connectivity index (χ1n) is 10.1. The highest BCUT2D eigenvalue weighted by Gasteiger charge is 2.45. The fraction of sp³-hybridized carbons (Fsp3) is 0.0769. The van der Waals surface area contributed by atoms with Gasteiger partial charge in [-0.05, 0) is 36.4 Å². The summed E-state index contributed by atoms with van der Waals surface area (Å²) in [5, 5.41) is 15.0. The Morgan fingerprint density at radius 1 is 0.710 bits per heavy atom. The lowest BCUT2D eigenvalue weighted by molar-refractivity contribution is -0.605. The predicted molar refractivity (Wildman–Crippen MR) is 126 cm³/mol. The molecule has 0 unspecified atom stereocenters. The molecule has 1 aromatic heterocycles. The normalized spacial score (nSPS) is 11.1. The highest BCUT2D eigenvalue weighted by atomic mass is 31.2. The van der Waals surface area contributed by atoms with Crippen molar-refractivity contribution in [3.8, 4) is 0 Å². The monoisotopic (exact) mass is 428 g/mol. The van der Waals surface area contributed by atoms with Gasteiger partial charge in [-0.3, -0.25) is 0 Å². The Hall–Kier alpha value is -3.49. The molecule has 0 saturated heterocycles. The van der Waals surface area contributed by atoms with Gasteiger partial charge in [0, 0.05) is 12.1 Å². The third-order valence-corrected chi connectivity index (χ3v) is 9.68. The van der Waals surface area contributed by atoms with E-state index in [4.69, 9.17) is 4.74 Å². The van der Waals surface area contributed by atoms with Crippen LogP contribution >= 0.6 is 7.26 Å². The summed E-state index contributed by atoms with van der Waals surface area (Å²) in [6, 6.07) is 34.4. The van der Waals surface area contributed by atoms with Gasteiger partial charge in [-0.25, -0.2) is 4.79 Å². The molecular weight excluding hydrogens is 405 g/mol. The highest BCUT2D eigenvalue weighted by molar-refractivity contribution is 7.95. The molecule has 0 bridgehead atoms. The van der Waals surface area contributed by atoms with Crippen LogP contribution in [0.25, 0.3) is 0 Å². The second-order valence-corrected chi connectivity index (χ2v) is 10.7. The van der Waals surface area contributed by atoms with Crippen molar-refractivity contribution in [2.24, 2.45) is 0 Å². The van der Waals surface area contributed by atoms with E-state index >= 15 is 0 Å². The first kappa shape index (κ1) is 20.8. The van der Waals surface area contributed by atoms with Gasteiger partial charge in [-0.2, -0.15) is 4.73 Å². The zero-order valence-electron chi connectivity index (χ0n) is 17.0. The maximum atomic E-state index is 12.5. The highest BCUT2D eigenvalue weighted by Crippen LogP contribution is 2.54. The van der Waals surface area contributed by atoms with Gasteiger partial charge >= 0.3 is 5.97 Å². The quantitative estimate of drug-likeness (QED) is 0.196. The fourth-order valence-electron chi connectivity index (χ4n) is 3.79. The van der Waals surface area contributed by atoms with Crippen LogP contribution in [0.2, 0.25) is 0 Å². The second kappa shape index (κ2) is 9.55. The van der Waals surface area contributed by atoms with E-state index in [1.165, 1.54) is 40.4 Å². The van der Waals surface area contributed by atoms with Crippen LogP contribution in [0.3, 0.4) is 0 Å². The number of carbonyl (C=O) groups excluding carboxylic acids is 1. The van der Waals surface area contributed by atoms with Gasteiger partial charge in [0.2, 0.25) is 0 Å². The molecule has 1 heterocycles. The van der Waals surface area contributed by atoms with E-state index < -0.39 is 13.2 Å². The minimum absolute atomic E-state index is 0.275. The minimum atomic E-state index is -2.04. The van der Waals surface area contributed by atoms with Gasteiger partial charge < -0.3 is 9.94 Å². The maximum absolute atomic E-state index is 12.5. The van der Waals surface area contributed by atoms with Crippen molar-refractivity contribution in [2.75, 3.05) is 12.8 Å². The summed E-state index contributed by atoms with van der Waals surface area (Å²) in [5.74, 6) is -0.423. The Balaban J connectivity index is 1.70. The molecule has 0 fully saturated rings. The summed E-state index contributed by atoms with van der Waals surface area (Å²) in [5.41, 5.74) is 0.371. The van der Waals surface area contributed by atoms with Crippen LogP contribution in [0.1, 0.15) is 10.4 Å². The Kier molecular flexibility index (Phi) is 6.40. The molecule has 0 amide bonds. The Morgan fingerprint density at radius 3 is 1.55 bits per heavy atom. The zero-order valence-corrected chi connectivity index (χ0v) is 17.9. The van der Waals surface area contributed by atoms with Crippen molar-refractivity contribution in [3.63, 3.8) is 0 Å². The number of benzene rings is 3. The van der Waals surface area contributed by atoms with E-state index in [1.54, 1.807) is 0 Å². The largest absolute Gasteiger partial charge is 0.619 e. The first-order valence-corrected chi connectivity index (χ1v) is 12.1. The van der Waals surface area contributed by atoms with Crippen LogP contribution in [-0.4, -0.2) is 18.7 Å². The van der Waals surface area contributed by atoms with Crippen LogP contribution in [-0.2, 0) is 4.74 Å². The van der Waals surface area contributed by atoms with Gasteiger partial charge in [0.15, 0.2) is 12.4 Å². The van der Waals surface area contributed by atoms with Crippen LogP contribution in [0.15, 0.2) is 116 Å². The molecule has 4 aromatic rings. The average Bonchev–Trinajstić information content (AvgIpc) is 2.84. The number of hydrogen-bond acceptors (Lipinski definition) is 3. The van der Waals surface area contributed by atoms with Crippen molar-refractivity contribution in [2.45, 2.75) is 0 Å². The number of carbonyl (C=O) groups is 1. The predicted octanol–water partition coefficient (Wildman–Crippen LogP) is 3.47. The molecule has 0 saturated carbocycles. The van der Waals surface area contributed by atoms with Gasteiger partial charge in [-0.15, -0.1) is 0 Å². The molecule has 0 aliphatic carbocycles. The topological polar surface area (TPSA) is 53.2 Å². The SMILES string of the molecule is O=C(OCC[P+](c1ccccc1)(c1ccccc1)c1ccccc1)c1cc[n+]([O-])cc1. The Labute approximate surface area is 182 Å². The van der Waals surface area contributed by atoms with Gasteiger partial charge in [-0.1, -0.05) is 54.6 Å². The van der Waals surface area contributed by atoms with Crippen LogP contribution in [0.4, 0.5) is 0 Å². The van der Waals surface area contributed by atoms with E-state index in [-0.39, 0.29) is 6.61 Å². The summed E-state index contributed by atoms with van der Waals surface area (Å²) in [7, 11) is -2.04. The summed E-state index contributed by atoms with van der Waals surface area (Å²) < 4.78 is 6.31. The number of rotatable bonds is 7. The summed E-state index contributed by atoms with van der Waals surface area (Å²) >= 11 is 0. The van der Waals surface area contributed by atoms with Crippen LogP contribution < -0.4 is 20.6 Å². The Morgan fingerprint density at radius 2 is 1.13 bits per heavy atom. The Bertz CT molecular complexity index is 1020. The fourth-order valence-corrected chi connectivity index (χ4v) is 7.87. The van der Waals surface area contributed by atoms with E-state index in [2.05, 4.69) is 72.8 Å². The third kappa shape index (κ3) is 4.50. The number of ether oxygens (including phenoxy) is 1. The van der Waals surface area contributed by atoms with Crippen molar-refractivity contribution in [3.05, 3.63) is 126 Å². The number of aromatic nitrogens is 1. The van der Waals surface area contributed by atoms with E-state index in [9.17, 15) is 10.0 Å². The first-order chi connectivity index (χ1) is 15.2. The molecule has 0 aliphatic rings. The molecule has 0 N–H and O–H groups in total.